The van der Waals surface area contributed by atoms with Gasteiger partial charge in [-0.2, -0.15) is 0 Å². The number of hydrogen-bond donors (Lipinski definition) is 2. The fourth-order valence-electron chi connectivity index (χ4n) is 3.21. The zero-order valence-electron chi connectivity index (χ0n) is 14.2. The molecular weight excluding hydrogens is 298 g/mol. The van der Waals surface area contributed by atoms with Crippen LogP contribution in [-0.4, -0.2) is 23.5 Å². The zero-order valence-corrected chi connectivity index (χ0v) is 14.2. The second kappa shape index (κ2) is 8.06. The maximum Gasteiger partial charge on any atom is 0.234 e. The van der Waals surface area contributed by atoms with Gasteiger partial charge in [-0.15, -0.1) is 0 Å². The quantitative estimate of drug-likeness (QED) is 0.856. The number of hydrogen-bond acceptors (Lipinski definition) is 3. The predicted octanol–water partition coefficient (Wildman–Crippen LogP) is 3.46. The topological polar surface area (TPSA) is 54.0 Å². The van der Waals surface area contributed by atoms with Crippen LogP contribution in [0.3, 0.4) is 0 Å². The third-order valence-electron chi connectivity index (χ3n) is 4.69. The van der Waals surface area contributed by atoms with Gasteiger partial charge in [0.15, 0.2) is 0 Å². The molecule has 1 atom stereocenters. The van der Waals surface area contributed by atoms with Crippen molar-refractivity contribution in [3.8, 4) is 11.1 Å². The summed E-state index contributed by atoms with van der Waals surface area (Å²) >= 11 is 0. The highest BCUT2D eigenvalue weighted by molar-refractivity contribution is 5.78. The van der Waals surface area contributed by atoms with Crippen molar-refractivity contribution in [3.05, 3.63) is 54.4 Å². The lowest BCUT2D eigenvalue weighted by molar-refractivity contribution is -0.121. The number of carbonyl (C=O) groups excluding carboxylic acids is 1. The molecule has 0 radical (unpaired) electrons. The third-order valence-corrected chi connectivity index (χ3v) is 4.69. The number of aromatic nitrogens is 1. The van der Waals surface area contributed by atoms with Gasteiger partial charge in [0.1, 0.15) is 0 Å². The van der Waals surface area contributed by atoms with E-state index in [9.17, 15) is 4.79 Å². The molecule has 2 N–H and O–H groups in total. The monoisotopic (exact) mass is 323 g/mol. The molecule has 0 aliphatic heterocycles. The van der Waals surface area contributed by atoms with Crippen molar-refractivity contribution in [2.24, 2.45) is 0 Å². The zero-order chi connectivity index (χ0) is 16.8. The van der Waals surface area contributed by atoms with E-state index < -0.39 is 0 Å². The molecule has 1 aliphatic rings. The minimum absolute atomic E-state index is 0.0979. The van der Waals surface area contributed by atoms with Crippen LogP contribution in [-0.2, 0) is 4.79 Å². The molecule has 1 amide bonds. The van der Waals surface area contributed by atoms with Gasteiger partial charge in [-0.3, -0.25) is 9.78 Å². The molecule has 24 heavy (non-hydrogen) atoms. The fourth-order valence-corrected chi connectivity index (χ4v) is 3.21. The maximum atomic E-state index is 12.0. The van der Waals surface area contributed by atoms with Crippen LogP contribution >= 0.6 is 0 Å². The van der Waals surface area contributed by atoms with Gasteiger partial charge in [0, 0.05) is 24.5 Å². The number of rotatable bonds is 6. The van der Waals surface area contributed by atoms with Crippen LogP contribution in [0.5, 0.6) is 0 Å². The molecule has 1 heterocycles. The first kappa shape index (κ1) is 16.7. The van der Waals surface area contributed by atoms with E-state index in [2.05, 4.69) is 52.9 Å². The van der Waals surface area contributed by atoms with Gasteiger partial charge in [0.25, 0.3) is 0 Å². The van der Waals surface area contributed by atoms with Crippen LogP contribution in [0.2, 0.25) is 0 Å². The van der Waals surface area contributed by atoms with Crippen molar-refractivity contribution in [1.29, 1.82) is 0 Å². The molecule has 1 fully saturated rings. The van der Waals surface area contributed by atoms with Crippen LogP contribution in [0.1, 0.15) is 44.2 Å². The third kappa shape index (κ3) is 4.42. The molecule has 4 heteroatoms. The average Bonchev–Trinajstić information content (AvgIpc) is 3.13. The summed E-state index contributed by atoms with van der Waals surface area (Å²) < 4.78 is 0. The summed E-state index contributed by atoms with van der Waals surface area (Å²) in [6.45, 7) is 2.45. The van der Waals surface area contributed by atoms with Crippen LogP contribution in [0.25, 0.3) is 11.1 Å². The summed E-state index contributed by atoms with van der Waals surface area (Å²) in [5, 5.41) is 6.42. The standard InChI is InChI=1S/C20H25N3O/c1-15(22-14-20(24)23-19-6-2-3-7-19)16-8-10-17(11-9-16)18-5-4-12-21-13-18/h4-5,8-13,15,19,22H,2-3,6-7,14H2,1H3,(H,23,24). The number of nitrogens with one attached hydrogen (secondary N) is 2. The van der Waals surface area contributed by atoms with E-state index in [1.807, 2.05) is 12.3 Å². The van der Waals surface area contributed by atoms with Crippen LogP contribution in [0, 0.1) is 0 Å². The van der Waals surface area contributed by atoms with Crippen molar-refractivity contribution in [3.63, 3.8) is 0 Å². The van der Waals surface area contributed by atoms with Crippen molar-refractivity contribution in [2.45, 2.75) is 44.7 Å². The predicted molar refractivity (Wildman–Crippen MR) is 96.5 cm³/mol. The van der Waals surface area contributed by atoms with E-state index in [4.69, 9.17) is 0 Å². The van der Waals surface area contributed by atoms with Crippen molar-refractivity contribution < 1.29 is 4.79 Å². The lowest BCUT2D eigenvalue weighted by Gasteiger charge is -2.16. The highest BCUT2D eigenvalue weighted by Gasteiger charge is 2.17. The highest BCUT2D eigenvalue weighted by atomic mass is 16.1. The molecule has 0 bridgehead atoms. The Labute approximate surface area is 143 Å². The molecule has 0 saturated heterocycles. The molecule has 4 nitrogen and oxygen atoms in total. The number of nitrogens with zero attached hydrogens (tertiary/aromatic N) is 1. The van der Waals surface area contributed by atoms with Gasteiger partial charge in [-0.25, -0.2) is 0 Å². The molecule has 2 aromatic rings. The van der Waals surface area contributed by atoms with E-state index in [0.29, 0.717) is 12.6 Å². The van der Waals surface area contributed by atoms with Gasteiger partial charge < -0.3 is 10.6 Å². The molecule has 0 spiro atoms. The number of amides is 1. The number of carbonyl (C=O) groups is 1. The molecule has 1 saturated carbocycles. The Morgan fingerprint density at radius 2 is 1.92 bits per heavy atom. The van der Waals surface area contributed by atoms with Gasteiger partial charge in [-0.1, -0.05) is 43.2 Å². The smallest absolute Gasteiger partial charge is 0.234 e. The van der Waals surface area contributed by atoms with Crippen molar-refractivity contribution in [2.75, 3.05) is 6.54 Å². The van der Waals surface area contributed by atoms with E-state index in [0.717, 1.165) is 24.0 Å². The Morgan fingerprint density at radius 1 is 1.17 bits per heavy atom. The van der Waals surface area contributed by atoms with Crippen LogP contribution in [0.15, 0.2) is 48.8 Å². The largest absolute Gasteiger partial charge is 0.352 e. The summed E-state index contributed by atoms with van der Waals surface area (Å²) in [4.78, 5) is 16.1. The van der Waals surface area contributed by atoms with Crippen molar-refractivity contribution >= 4 is 5.91 Å². The Bertz CT molecular complexity index is 648. The van der Waals surface area contributed by atoms with Gasteiger partial charge in [0.2, 0.25) is 5.91 Å². The summed E-state index contributed by atoms with van der Waals surface area (Å²) in [6, 6.07) is 12.9. The number of benzene rings is 1. The minimum atomic E-state index is 0.0979. The van der Waals surface area contributed by atoms with Gasteiger partial charge in [-0.05, 0) is 42.5 Å². The molecule has 1 unspecified atom stereocenters. The Kier molecular flexibility index (Phi) is 5.59. The summed E-state index contributed by atoms with van der Waals surface area (Å²) in [7, 11) is 0. The second-order valence-corrected chi connectivity index (χ2v) is 6.52. The fraction of sp³-hybridized carbons (Fsp3) is 0.400. The van der Waals surface area contributed by atoms with E-state index >= 15 is 0 Å². The Hall–Kier alpha value is -2.20. The summed E-state index contributed by atoms with van der Waals surface area (Å²) in [5.41, 5.74) is 3.44. The Balaban J connectivity index is 1.51. The van der Waals surface area contributed by atoms with Crippen LogP contribution < -0.4 is 10.6 Å². The molecule has 1 aromatic heterocycles. The van der Waals surface area contributed by atoms with E-state index in [1.54, 1.807) is 6.20 Å². The van der Waals surface area contributed by atoms with Crippen LogP contribution in [0.4, 0.5) is 0 Å². The first-order chi connectivity index (χ1) is 11.7. The molecule has 3 rings (SSSR count). The second-order valence-electron chi connectivity index (χ2n) is 6.52. The van der Waals surface area contributed by atoms with E-state index in [1.165, 1.54) is 18.4 Å². The Morgan fingerprint density at radius 3 is 2.58 bits per heavy atom. The maximum absolute atomic E-state index is 12.0. The molecule has 1 aliphatic carbocycles. The molecule has 126 valence electrons. The van der Waals surface area contributed by atoms with Gasteiger partial charge >= 0.3 is 0 Å². The van der Waals surface area contributed by atoms with Crippen molar-refractivity contribution in [1.82, 2.24) is 15.6 Å². The highest BCUT2D eigenvalue weighted by Crippen LogP contribution is 2.21. The molecule has 1 aromatic carbocycles. The minimum Gasteiger partial charge on any atom is -0.352 e. The lowest BCUT2D eigenvalue weighted by atomic mass is 10.0. The summed E-state index contributed by atoms with van der Waals surface area (Å²) in [6.07, 6.45) is 8.36. The van der Waals surface area contributed by atoms with Gasteiger partial charge in [0.05, 0.1) is 6.54 Å². The first-order valence-corrected chi connectivity index (χ1v) is 8.75. The normalized spacial score (nSPS) is 16.0. The first-order valence-electron chi connectivity index (χ1n) is 8.75. The molecular formula is C20H25N3O. The lowest BCUT2D eigenvalue weighted by Crippen LogP contribution is -2.39. The number of pyridine rings is 1. The SMILES string of the molecule is CC(NCC(=O)NC1CCCC1)c1ccc(-c2cccnc2)cc1. The summed E-state index contributed by atoms with van der Waals surface area (Å²) in [5.74, 6) is 0.0979. The van der Waals surface area contributed by atoms with E-state index in [-0.39, 0.29) is 11.9 Å². The average molecular weight is 323 g/mol.